The second kappa shape index (κ2) is 6.93. The lowest BCUT2D eigenvalue weighted by atomic mass is 9.85. The average molecular weight is 312 g/mol. The Bertz CT molecular complexity index is 384. The van der Waals surface area contributed by atoms with E-state index in [4.69, 9.17) is 0 Å². The summed E-state index contributed by atoms with van der Waals surface area (Å²) in [5.74, 6) is 0.154. The molecule has 0 saturated carbocycles. The van der Waals surface area contributed by atoms with Crippen molar-refractivity contribution in [1.82, 2.24) is 5.32 Å². The average Bonchev–Trinajstić information content (AvgIpc) is 2.30. The minimum absolute atomic E-state index is 0.0806. The Labute approximate surface area is 118 Å². The molecule has 2 nitrogen and oxygen atoms in total. The molecule has 0 radical (unpaired) electrons. The van der Waals surface area contributed by atoms with Crippen molar-refractivity contribution in [3.8, 4) is 0 Å². The summed E-state index contributed by atoms with van der Waals surface area (Å²) in [6.07, 6.45) is 2.49. The van der Waals surface area contributed by atoms with Crippen LogP contribution in [-0.2, 0) is 11.2 Å². The highest BCUT2D eigenvalue weighted by Gasteiger charge is 2.19. The van der Waals surface area contributed by atoms with Crippen molar-refractivity contribution in [1.29, 1.82) is 0 Å². The van der Waals surface area contributed by atoms with Gasteiger partial charge in [-0.3, -0.25) is 4.79 Å². The van der Waals surface area contributed by atoms with Crippen LogP contribution in [0.25, 0.3) is 0 Å². The van der Waals surface area contributed by atoms with Gasteiger partial charge in [0.25, 0.3) is 0 Å². The highest BCUT2D eigenvalue weighted by atomic mass is 79.9. The SMILES string of the molecule is CCCC(=O)NCC(C)(C)Cc1ccc(Br)cc1. The summed E-state index contributed by atoms with van der Waals surface area (Å²) in [6.45, 7) is 7.11. The number of carbonyl (C=O) groups excluding carboxylic acids is 1. The molecule has 1 rings (SSSR count). The van der Waals surface area contributed by atoms with Crippen molar-refractivity contribution in [3.05, 3.63) is 34.3 Å². The normalized spacial score (nSPS) is 11.3. The van der Waals surface area contributed by atoms with Gasteiger partial charge in [-0.05, 0) is 36.0 Å². The number of hydrogen-bond donors (Lipinski definition) is 1. The van der Waals surface area contributed by atoms with Gasteiger partial charge in [-0.1, -0.05) is 48.8 Å². The molecule has 0 bridgehead atoms. The number of halogens is 1. The van der Waals surface area contributed by atoms with Crippen molar-refractivity contribution < 1.29 is 4.79 Å². The lowest BCUT2D eigenvalue weighted by molar-refractivity contribution is -0.121. The molecule has 0 aliphatic carbocycles. The Morgan fingerprint density at radius 1 is 1.28 bits per heavy atom. The molecule has 0 aliphatic heterocycles. The molecule has 18 heavy (non-hydrogen) atoms. The summed E-state index contributed by atoms with van der Waals surface area (Å²) in [5.41, 5.74) is 1.38. The quantitative estimate of drug-likeness (QED) is 0.847. The minimum atomic E-state index is 0.0806. The predicted molar refractivity (Wildman–Crippen MR) is 79.5 cm³/mol. The molecule has 0 spiro atoms. The first kappa shape index (κ1) is 15.2. The van der Waals surface area contributed by atoms with E-state index in [1.165, 1.54) is 5.56 Å². The maximum Gasteiger partial charge on any atom is 0.220 e. The first-order valence-electron chi connectivity index (χ1n) is 6.44. The standard InChI is InChI=1S/C15H22BrNO/c1-4-5-14(18)17-11-15(2,3)10-12-6-8-13(16)9-7-12/h6-9H,4-5,10-11H2,1-3H3,(H,17,18). The molecule has 0 aliphatic rings. The summed E-state index contributed by atoms with van der Waals surface area (Å²) in [6, 6.07) is 8.36. The van der Waals surface area contributed by atoms with E-state index in [0.29, 0.717) is 6.42 Å². The third-order valence-electron chi connectivity index (χ3n) is 2.84. The van der Waals surface area contributed by atoms with E-state index >= 15 is 0 Å². The summed E-state index contributed by atoms with van der Waals surface area (Å²) < 4.78 is 1.10. The lowest BCUT2D eigenvalue weighted by Crippen LogP contribution is -2.35. The Hall–Kier alpha value is -0.830. The molecule has 0 fully saturated rings. The van der Waals surface area contributed by atoms with E-state index in [9.17, 15) is 4.79 Å². The number of amides is 1. The van der Waals surface area contributed by atoms with E-state index in [1.807, 2.05) is 6.92 Å². The Morgan fingerprint density at radius 3 is 2.44 bits per heavy atom. The summed E-state index contributed by atoms with van der Waals surface area (Å²) >= 11 is 3.44. The van der Waals surface area contributed by atoms with Gasteiger partial charge >= 0.3 is 0 Å². The van der Waals surface area contributed by atoms with Crippen molar-refractivity contribution in [3.63, 3.8) is 0 Å². The maximum atomic E-state index is 11.5. The topological polar surface area (TPSA) is 29.1 Å². The first-order chi connectivity index (χ1) is 8.43. The fourth-order valence-electron chi connectivity index (χ4n) is 1.87. The zero-order valence-electron chi connectivity index (χ0n) is 11.4. The van der Waals surface area contributed by atoms with Crippen LogP contribution in [0.3, 0.4) is 0 Å². The molecule has 1 aromatic rings. The van der Waals surface area contributed by atoms with E-state index in [-0.39, 0.29) is 11.3 Å². The number of rotatable bonds is 6. The smallest absolute Gasteiger partial charge is 0.220 e. The van der Waals surface area contributed by atoms with E-state index in [1.54, 1.807) is 0 Å². The van der Waals surface area contributed by atoms with E-state index < -0.39 is 0 Å². The minimum Gasteiger partial charge on any atom is -0.356 e. The number of carbonyl (C=O) groups is 1. The predicted octanol–water partition coefficient (Wildman–Crippen LogP) is 3.93. The Morgan fingerprint density at radius 2 is 1.89 bits per heavy atom. The molecule has 0 heterocycles. The molecular weight excluding hydrogens is 290 g/mol. The Balaban J connectivity index is 2.48. The van der Waals surface area contributed by atoms with Crippen molar-refractivity contribution in [2.75, 3.05) is 6.54 Å². The molecule has 0 atom stereocenters. The molecule has 1 amide bonds. The zero-order chi connectivity index (χ0) is 13.6. The maximum absolute atomic E-state index is 11.5. The van der Waals surface area contributed by atoms with Crippen LogP contribution in [0.1, 0.15) is 39.2 Å². The Kier molecular flexibility index (Phi) is 5.86. The first-order valence-corrected chi connectivity index (χ1v) is 7.23. The van der Waals surface area contributed by atoms with Crippen molar-refractivity contribution in [2.24, 2.45) is 5.41 Å². The van der Waals surface area contributed by atoms with Crippen LogP contribution in [0.2, 0.25) is 0 Å². The largest absolute Gasteiger partial charge is 0.356 e. The van der Waals surface area contributed by atoms with Gasteiger partial charge in [0.1, 0.15) is 0 Å². The highest BCUT2D eigenvalue weighted by molar-refractivity contribution is 9.10. The lowest BCUT2D eigenvalue weighted by Gasteiger charge is -2.25. The molecule has 100 valence electrons. The number of benzene rings is 1. The monoisotopic (exact) mass is 311 g/mol. The molecule has 1 aromatic carbocycles. The second-order valence-corrected chi connectivity index (χ2v) is 6.41. The molecular formula is C15H22BrNO. The third kappa shape index (κ3) is 5.67. The van der Waals surface area contributed by atoms with Crippen LogP contribution in [0.15, 0.2) is 28.7 Å². The van der Waals surface area contributed by atoms with Crippen LogP contribution in [-0.4, -0.2) is 12.5 Å². The van der Waals surface area contributed by atoms with Gasteiger partial charge in [0.05, 0.1) is 0 Å². The van der Waals surface area contributed by atoms with Gasteiger partial charge < -0.3 is 5.32 Å². The number of hydrogen-bond acceptors (Lipinski definition) is 1. The second-order valence-electron chi connectivity index (χ2n) is 5.49. The number of nitrogens with one attached hydrogen (secondary N) is 1. The van der Waals surface area contributed by atoms with Crippen molar-refractivity contribution in [2.45, 2.75) is 40.0 Å². The van der Waals surface area contributed by atoms with Gasteiger partial charge in [0, 0.05) is 17.4 Å². The summed E-state index contributed by atoms with van der Waals surface area (Å²) in [5, 5.41) is 3.01. The van der Waals surface area contributed by atoms with Crippen LogP contribution in [0, 0.1) is 5.41 Å². The molecule has 3 heteroatoms. The van der Waals surface area contributed by atoms with Gasteiger partial charge in [-0.15, -0.1) is 0 Å². The molecule has 0 unspecified atom stereocenters. The van der Waals surface area contributed by atoms with Gasteiger partial charge in [0.15, 0.2) is 0 Å². The van der Waals surface area contributed by atoms with Crippen LogP contribution >= 0.6 is 15.9 Å². The molecule has 1 N–H and O–H groups in total. The van der Waals surface area contributed by atoms with Gasteiger partial charge in [-0.25, -0.2) is 0 Å². The van der Waals surface area contributed by atoms with E-state index in [0.717, 1.165) is 23.9 Å². The van der Waals surface area contributed by atoms with Crippen molar-refractivity contribution >= 4 is 21.8 Å². The van der Waals surface area contributed by atoms with Gasteiger partial charge in [-0.2, -0.15) is 0 Å². The van der Waals surface area contributed by atoms with Crippen LogP contribution < -0.4 is 5.32 Å². The fraction of sp³-hybridized carbons (Fsp3) is 0.533. The summed E-state index contributed by atoms with van der Waals surface area (Å²) in [7, 11) is 0. The van der Waals surface area contributed by atoms with Crippen LogP contribution in [0.5, 0.6) is 0 Å². The highest BCUT2D eigenvalue weighted by Crippen LogP contribution is 2.22. The summed E-state index contributed by atoms with van der Waals surface area (Å²) in [4.78, 5) is 11.5. The van der Waals surface area contributed by atoms with E-state index in [2.05, 4.69) is 59.4 Å². The fourth-order valence-corrected chi connectivity index (χ4v) is 2.13. The zero-order valence-corrected chi connectivity index (χ0v) is 13.0. The third-order valence-corrected chi connectivity index (χ3v) is 3.37. The van der Waals surface area contributed by atoms with Gasteiger partial charge in [0.2, 0.25) is 5.91 Å². The van der Waals surface area contributed by atoms with Crippen LogP contribution in [0.4, 0.5) is 0 Å². The molecule has 0 aromatic heterocycles. The molecule has 0 saturated heterocycles.